The monoisotopic (exact) mass is 310 g/mol. The second-order valence-electron chi connectivity index (χ2n) is 5.78. The molecule has 2 unspecified atom stereocenters. The van der Waals surface area contributed by atoms with E-state index in [2.05, 4.69) is 24.1 Å². The summed E-state index contributed by atoms with van der Waals surface area (Å²) >= 11 is 2.04. The Morgan fingerprint density at radius 2 is 2.24 bits per heavy atom. The zero-order valence-electron chi connectivity index (χ0n) is 13.1. The normalized spacial score (nSPS) is 21.4. The number of rotatable bonds is 7. The van der Waals surface area contributed by atoms with Gasteiger partial charge in [-0.25, -0.2) is 4.39 Å². The predicted molar refractivity (Wildman–Crippen MR) is 90.4 cm³/mol. The highest BCUT2D eigenvalue weighted by molar-refractivity contribution is 7.99. The fraction of sp³-hybridized carbons (Fsp3) is 0.647. The second-order valence-corrected chi connectivity index (χ2v) is 6.93. The van der Waals surface area contributed by atoms with Crippen LogP contribution in [0, 0.1) is 5.82 Å². The maximum absolute atomic E-state index is 14.1. The molecule has 2 rings (SSSR count). The van der Waals surface area contributed by atoms with Crippen molar-refractivity contribution in [2.45, 2.75) is 38.8 Å². The Balaban J connectivity index is 1.97. The maximum Gasteiger partial charge on any atom is 0.127 e. The third-order valence-electron chi connectivity index (χ3n) is 4.13. The summed E-state index contributed by atoms with van der Waals surface area (Å²) in [6.45, 7) is 7.57. The highest BCUT2D eigenvalue weighted by Gasteiger charge is 2.21. The van der Waals surface area contributed by atoms with E-state index in [0.717, 1.165) is 38.0 Å². The molecule has 0 aromatic heterocycles. The van der Waals surface area contributed by atoms with Crippen LogP contribution in [0.25, 0.3) is 0 Å². The second kappa shape index (κ2) is 8.76. The van der Waals surface area contributed by atoms with E-state index in [0.29, 0.717) is 6.04 Å². The lowest BCUT2D eigenvalue weighted by atomic mass is 10.0. The summed E-state index contributed by atoms with van der Waals surface area (Å²) in [5.74, 6) is 2.34. The quantitative estimate of drug-likeness (QED) is 0.827. The Labute approximate surface area is 132 Å². The highest BCUT2D eigenvalue weighted by atomic mass is 32.2. The third-order valence-corrected chi connectivity index (χ3v) is 5.32. The average molecular weight is 310 g/mol. The van der Waals surface area contributed by atoms with E-state index in [1.807, 2.05) is 23.9 Å². The molecule has 1 aromatic carbocycles. The first-order valence-corrected chi connectivity index (χ1v) is 9.17. The van der Waals surface area contributed by atoms with Crippen LogP contribution in [0.3, 0.4) is 0 Å². The molecular formula is C17H27FN2S. The molecule has 1 aliphatic rings. The topological polar surface area (TPSA) is 15.3 Å². The van der Waals surface area contributed by atoms with E-state index in [1.165, 1.54) is 11.5 Å². The molecular weight excluding hydrogens is 283 g/mol. The Bertz CT molecular complexity index is 427. The van der Waals surface area contributed by atoms with Crippen LogP contribution in [0.5, 0.6) is 0 Å². The van der Waals surface area contributed by atoms with Crippen LogP contribution in [0.15, 0.2) is 24.3 Å². The Kier molecular flexibility index (Phi) is 7.00. The summed E-state index contributed by atoms with van der Waals surface area (Å²) in [6.07, 6.45) is 2.04. The SMILES string of the molecule is CCCNC(CCN1CCSCC1C)c1ccccc1F. The molecule has 0 saturated carbocycles. The Morgan fingerprint density at radius 1 is 1.43 bits per heavy atom. The minimum Gasteiger partial charge on any atom is -0.310 e. The molecule has 0 radical (unpaired) electrons. The van der Waals surface area contributed by atoms with Crippen LogP contribution in [-0.4, -0.2) is 42.1 Å². The van der Waals surface area contributed by atoms with Crippen LogP contribution < -0.4 is 5.32 Å². The molecule has 1 aliphatic heterocycles. The fourth-order valence-corrected chi connectivity index (χ4v) is 3.91. The summed E-state index contributed by atoms with van der Waals surface area (Å²) in [6, 6.07) is 7.93. The van der Waals surface area contributed by atoms with Gasteiger partial charge in [-0.3, -0.25) is 4.90 Å². The van der Waals surface area contributed by atoms with E-state index in [1.54, 1.807) is 12.1 Å². The lowest BCUT2D eigenvalue weighted by molar-refractivity contribution is 0.218. The van der Waals surface area contributed by atoms with Gasteiger partial charge in [0.05, 0.1) is 0 Å². The van der Waals surface area contributed by atoms with Crippen molar-refractivity contribution in [2.24, 2.45) is 0 Å². The molecule has 118 valence electrons. The van der Waals surface area contributed by atoms with Gasteiger partial charge in [0.15, 0.2) is 0 Å². The molecule has 1 aromatic rings. The minimum atomic E-state index is -0.0895. The van der Waals surface area contributed by atoms with Crippen molar-refractivity contribution in [3.05, 3.63) is 35.6 Å². The first-order chi connectivity index (χ1) is 10.2. The molecule has 1 fully saturated rings. The number of benzene rings is 1. The van der Waals surface area contributed by atoms with Crippen LogP contribution >= 0.6 is 11.8 Å². The summed E-state index contributed by atoms with van der Waals surface area (Å²) < 4.78 is 14.1. The van der Waals surface area contributed by atoms with Gasteiger partial charge < -0.3 is 5.32 Å². The van der Waals surface area contributed by atoms with Crippen LogP contribution in [0.2, 0.25) is 0 Å². The fourth-order valence-electron chi connectivity index (χ4n) is 2.83. The molecule has 0 spiro atoms. The number of nitrogens with one attached hydrogen (secondary N) is 1. The molecule has 1 saturated heterocycles. The third kappa shape index (κ3) is 4.97. The number of nitrogens with zero attached hydrogens (tertiary/aromatic N) is 1. The van der Waals surface area contributed by atoms with Gasteiger partial charge in [0.25, 0.3) is 0 Å². The Morgan fingerprint density at radius 3 is 2.95 bits per heavy atom. The van der Waals surface area contributed by atoms with Crippen molar-refractivity contribution in [1.29, 1.82) is 0 Å². The van der Waals surface area contributed by atoms with E-state index < -0.39 is 0 Å². The largest absolute Gasteiger partial charge is 0.310 e. The molecule has 1 N–H and O–H groups in total. The summed E-state index contributed by atoms with van der Waals surface area (Å²) in [5, 5.41) is 3.51. The van der Waals surface area contributed by atoms with E-state index in [9.17, 15) is 4.39 Å². The van der Waals surface area contributed by atoms with Crippen LogP contribution in [0.4, 0.5) is 4.39 Å². The number of hydrogen-bond acceptors (Lipinski definition) is 3. The van der Waals surface area contributed by atoms with Crippen molar-refractivity contribution < 1.29 is 4.39 Å². The number of thioether (sulfide) groups is 1. The zero-order chi connectivity index (χ0) is 15.1. The lowest BCUT2D eigenvalue weighted by Crippen LogP contribution is -2.42. The lowest BCUT2D eigenvalue weighted by Gasteiger charge is -2.34. The molecule has 2 nitrogen and oxygen atoms in total. The van der Waals surface area contributed by atoms with E-state index in [-0.39, 0.29) is 11.9 Å². The van der Waals surface area contributed by atoms with Gasteiger partial charge in [-0.15, -0.1) is 0 Å². The van der Waals surface area contributed by atoms with Gasteiger partial charge in [0.1, 0.15) is 5.82 Å². The molecule has 0 aliphatic carbocycles. The van der Waals surface area contributed by atoms with Crippen molar-refractivity contribution in [3.8, 4) is 0 Å². The van der Waals surface area contributed by atoms with Crippen molar-refractivity contribution in [1.82, 2.24) is 10.2 Å². The van der Waals surface area contributed by atoms with Crippen molar-refractivity contribution in [2.75, 3.05) is 31.1 Å². The molecule has 0 amide bonds. The Hall–Kier alpha value is -0.580. The zero-order valence-corrected chi connectivity index (χ0v) is 14.0. The van der Waals surface area contributed by atoms with Crippen LogP contribution in [-0.2, 0) is 0 Å². The van der Waals surface area contributed by atoms with Gasteiger partial charge >= 0.3 is 0 Å². The molecule has 1 heterocycles. The van der Waals surface area contributed by atoms with Gasteiger partial charge in [0, 0.05) is 42.2 Å². The summed E-state index contributed by atoms with van der Waals surface area (Å²) in [7, 11) is 0. The maximum atomic E-state index is 14.1. The molecule has 2 atom stereocenters. The van der Waals surface area contributed by atoms with Gasteiger partial charge in [-0.05, 0) is 32.4 Å². The number of halogens is 1. The van der Waals surface area contributed by atoms with Gasteiger partial charge in [-0.2, -0.15) is 11.8 Å². The van der Waals surface area contributed by atoms with Gasteiger partial charge in [0.2, 0.25) is 0 Å². The standard InChI is InChI=1S/C17H27FN2S/c1-3-9-19-17(15-6-4-5-7-16(15)18)8-10-20-11-12-21-13-14(20)2/h4-7,14,17,19H,3,8-13H2,1-2H3. The average Bonchev–Trinajstić information content (AvgIpc) is 2.50. The minimum absolute atomic E-state index is 0.0895. The molecule has 0 bridgehead atoms. The smallest absolute Gasteiger partial charge is 0.127 e. The molecule has 21 heavy (non-hydrogen) atoms. The number of hydrogen-bond donors (Lipinski definition) is 1. The first kappa shape index (κ1) is 16.8. The predicted octanol–water partition coefficient (Wildman–Crippen LogP) is 3.69. The summed E-state index contributed by atoms with van der Waals surface area (Å²) in [5.41, 5.74) is 0.810. The summed E-state index contributed by atoms with van der Waals surface area (Å²) in [4.78, 5) is 2.54. The van der Waals surface area contributed by atoms with Crippen LogP contribution in [0.1, 0.15) is 38.3 Å². The molecule has 4 heteroatoms. The highest BCUT2D eigenvalue weighted by Crippen LogP contribution is 2.23. The van der Waals surface area contributed by atoms with Crippen molar-refractivity contribution >= 4 is 11.8 Å². The van der Waals surface area contributed by atoms with E-state index in [4.69, 9.17) is 0 Å². The first-order valence-electron chi connectivity index (χ1n) is 8.02. The van der Waals surface area contributed by atoms with Gasteiger partial charge in [-0.1, -0.05) is 25.1 Å². The van der Waals surface area contributed by atoms with Crippen molar-refractivity contribution in [3.63, 3.8) is 0 Å². The van der Waals surface area contributed by atoms with E-state index >= 15 is 0 Å².